The fourth-order valence-corrected chi connectivity index (χ4v) is 4.23. The molecule has 0 saturated carbocycles. The Labute approximate surface area is 189 Å². The number of aryl methyl sites for hydroxylation is 1. The Morgan fingerprint density at radius 2 is 2.11 bits per heavy atom. The zero-order chi connectivity index (χ0) is 19.1. The molecule has 156 valence electrons. The van der Waals surface area contributed by atoms with Gasteiger partial charge in [-0.3, -0.25) is 4.99 Å². The molecule has 0 saturated heterocycles. The molecule has 1 aliphatic heterocycles. The first-order chi connectivity index (χ1) is 13.1. The first kappa shape index (κ1) is 23.1. The Morgan fingerprint density at radius 3 is 2.86 bits per heavy atom. The van der Waals surface area contributed by atoms with Crippen molar-refractivity contribution in [2.75, 3.05) is 19.6 Å². The van der Waals surface area contributed by atoms with E-state index in [1.807, 2.05) is 0 Å². The minimum Gasteiger partial charge on any atom is -0.357 e. The number of thiophene rings is 1. The maximum Gasteiger partial charge on any atom is 0.191 e. The van der Waals surface area contributed by atoms with Crippen LogP contribution < -0.4 is 10.6 Å². The smallest absolute Gasteiger partial charge is 0.191 e. The summed E-state index contributed by atoms with van der Waals surface area (Å²) in [6.45, 7) is 10.1. The number of aromatic nitrogens is 3. The molecule has 2 N–H and O–H groups in total. The van der Waals surface area contributed by atoms with E-state index in [0.717, 1.165) is 56.6 Å². The number of aliphatic imine (C=N–C) groups is 1. The van der Waals surface area contributed by atoms with Gasteiger partial charge in [0, 0.05) is 42.8 Å². The maximum atomic E-state index is 4.82. The number of halogens is 1. The van der Waals surface area contributed by atoms with Crippen LogP contribution in [-0.2, 0) is 24.8 Å². The molecule has 0 atom stereocenters. The van der Waals surface area contributed by atoms with E-state index in [0.29, 0.717) is 0 Å². The summed E-state index contributed by atoms with van der Waals surface area (Å²) in [5.41, 5.74) is 0.0425. The maximum absolute atomic E-state index is 4.82. The number of fused-ring (bicyclic) bond motifs is 1. The fourth-order valence-electron chi connectivity index (χ4n) is 3.38. The van der Waals surface area contributed by atoms with Crippen molar-refractivity contribution in [2.24, 2.45) is 4.99 Å². The summed E-state index contributed by atoms with van der Waals surface area (Å²) in [5.74, 6) is 3.12. The largest absolute Gasteiger partial charge is 0.357 e. The molecule has 8 heteroatoms. The molecule has 0 radical (unpaired) electrons. The summed E-state index contributed by atoms with van der Waals surface area (Å²) in [5, 5.41) is 17.7. The Bertz CT molecular complexity index is 738. The van der Waals surface area contributed by atoms with Crippen LogP contribution in [0.3, 0.4) is 0 Å². The molecule has 0 bridgehead atoms. The number of nitrogens with one attached hydrogen (secondary N) is 2. The molecular formula is C20H33IN6S. The second-order valence-electron chi connectivity index (χ2n) is 7.73. The summed E-state index contributed by atoms with van der Waals surface area (Å²) < 4.78 is 2.32. The van der Waals surface area contributed by atoms with Crippen molar-refractivity contribution in [2.45, 2.75) is 64.8 Å². The number of rotatable bonds is 7. The zero-order valence-corrected chi connectivity index (χ0v) is 20.3. The van der Waals surface area contributed by atoms with Crippen molar-refractivity contribution >= 4 is 41.3 Å². The molecule has 0 amide bonds. The average Bonchev–Trinajstić information content (AvgIpc) is 3.26. The second kappa shape index (κ2) is 11.1. The Kier molecular flexibility index (Phi) is 9.20. The van der Waals surface area contributed by atoms with Crippen molar-refractivity contribution in [3.63, 3.8) is 0 Å². The molecule has 3 rings (SSSR count). The predicted octanol–water partition coefficient (Wildman–Crippen LogP) is 3.76. The molecule has 2 aromatic rings. The monoisotopic (exact) mass is 516 g/mol. The first-order valence-electron chi connectivity index (χ1n) is 10.1. The molecular weight excluding hydrogens is 483 g/mol. The topological polar surface area (TPSA) is 67.1 Å². The van der Waals surface area contributed by atoms with Crippen LogP contribution in [0.15, 0.2) is 22.5 Å². The average molecular weight is 516 g/mol. The molecule has 0 fully saturated rings. The lowest BCUT2D eigenvalue weighted by Gasteiger charge is -2.21. The van der Waals surface area contributed by atoms with Gasteiger partial charge >= 0.3 is 0 Å². The van der Waals surface area contributed by atoms with Crippen LogP contribution in [-0.4, -0.2) is 40.4 Å². The molecule has 0 spiro atoms. The van der Waals surface area contributed by atoms with Crippen molar-refractivity contribution in [1.29, 1.82) is 0 Å². The van der Waals surface area contributed by atoms with E-state index < -0.39 is 0 Å². The summed E-state index contributed by atoms with van der Waals surface area (Å²) in [7, 11) is 0. The van der Waals surface area contributed by atoms with Gasteiger partial charge in [0.15, 0.2) is 5.96 Å². The van der Waals surface area contributed by atoms with Crippen LogP contribution in [0.4, 0.5) is 0 Å². The van der Waals surface area contributed by atoms with E-state index in [2.05, 4.69) is 63.7 Å². The Hall–Kier alpha value is -1.16. The quantitative estimate of drug-likeness (QED) is 0.334. The summed E-state index contributed by atoms with van der Waals surface area (Å²) in [4.78, 5) is 6.19. The molecule has 0 aliphatic carbocycles. The Balaban J connectivity index is 0.00000280. The van der Waals surface area contributed by atoms with E-state index in [9.17, 15) is 0 Å². The standard InChI is InChI=1S/C20H32N6S.HI/c1-4-21-19(23-15-20(2,3)16-9-8-14-27-16)22-12-11-18-25-24-17-10-6-5-7-13-26(17)18;/h8-9,14H,4-7,10-13,15H2,1-3H3,(H2,21,22,23);1H. The number of guanidine groups is 1. The van der Waals surface area contributed by atoms with E-state index in [4.69, 9.17) is 4.99 Å². The third-order valence-electron chi connectivity index (χ3n) is 4.99. The summed E-state index contributed by atoms with van der Waals surface area (Å²) in [6, 6.07) is 4.30. The molecule has 28 heavy (non-hydrogen) atoms. The minimum absolute atomic E-state index is 0. The normalized spacial score (nSPS) is 14.8. The SMILES string of the molecule is CCNC(=NCC(C)(C)c1cccs1)NCCc1nnc2n1CCCCC2.I. The van der Waals surface area contributed by atoms with Gasteiger partial charge in [0.05, 0.1) is 6.54 Å². The Morgan fingerprint density at radius 1 is 1.25 bits per heavy atom. The van der Waals surface area contributed by atoms with E-state index >= 15 is 0 Å². The van der Waals surface area contributed by atoms with Crippen molar-refractivity contribution < 1.29 is 0 Å². The van der Waals surface area contributed by atoms with Gasteiger partial charge in [-0.05, 0) is 31.2 Å². The van der Waals surface area contributed by atoms with Gasteiger partial charge in [-0.1, -0.05) is 26.3 Å². The molecule has 1 aliphatic rings. The molecule has 0 unspecified atom stereocenters. The van der Waals surface area contributed by atoms with Crippen molar-refractivity contribution in [3.8, 4) is 0 Å². The number of hydrogen-bond donors (Lipinski definition) is 2. The lowest BCUT2D eigenvalue weighted by molar-refractivity contribution is 0.548. The van der Waals surface area contributed by atoms with Crippen LogP contribution in [0.25, 0.3) is 0 Å². The highest BCUT2D eigenvalue weighted by Crippen LogP contribution is 2.27. The van der Waals surface area contributed by atoms with Gasteiger partial charge in [-0.25, -0.2) is 0 Å². The van der Waals surface area contributed by atoms with Gasteiger partial charge in [-0.2, -0.15) is 0 Å². The zero-order valence-electron chi connectivity index (χ0n) is 17.2. The van der Waals surface area contributed by atoms with Gasteiger partial charge in [0.25, 0.3) is 0 Å². The minimum atomic E-state index is 0. The summed E-state index contributed by atoms with van der Waals surface area (Å²) in [6.07, 6.45) is 5.67. The van der Waals surface area contributed by atoms with Crippen LogP contribution in [0, 0.1) is 0 Å². The molecule has 2 aromatic heterocycles. The first-order valence-corrected chi connectivity index (χ1v) is 11.0. The third kappa shape index (κ3) is 6.17. The molecule has 6 nitrogen and oxygen atoms in total. The van der Waals surface area contributed by atoms with Crippen LogP contribution in [0.1, 0.15) is 56.6 Å². The van der Waals surface area contributed by atoms with Gasteiger partial charge < -0.3 is 15.2 Å². The third-order valence-corrected chi connectivity index (χ3v) is 6.23. The highest BCUT2D eigenvalue weighted by atomic mass is 127. The van der Waals surface area contributed by atoms with Crippen molar-refractivity contribution in [1.82, 2.24) is 25.4 Å². The van der Waals surface area contributed by atoms with E-state index in [1.165, 1.54) is 24.1 Å². The highest BCUT2D eigenvalue weighted by Gasteiger charge is 2.21. The highest BCUT2D eigenvalue weighted by molar-refractivity contribution is 14.0. The van der Waals surface area contributed by atoms with E-state index in [1.54, 1.807) is 11.3 Å². The summed E-state index contributed by atoms with van der Waals surface area (Å²) >= 11 is 1.80. The van der Waals surface area contributed by atoms with Crippen LogP contribution in [0.5, 0.6) is 0 Å². The second-order valence-corrected chi connectivity index (χ2v) is 8.68. The van der Waals surface area contributed by atoms with Gasteiger partial charge in [-0.15, -0.1) is 45.5 Å². The predicted molar refractivity (Wildman–Crippen MR) is 128 cm³/mol. The fraction of sp³-hybridized carbons (Fsp3) is 0.650. The van der Waals surface area contributed by atoms with E-state index in [-0.39, 0.29) is 29.4 Å². The van der Waals surface area contributed by atoms with Crippen LogP contribution in [0.2, 0.25) is 0 Å². The van der Waals surface area contributed by atoms with Crippen molar-refractivity contribution in [3.05, 3.63) is 34.0 Å². The number of hydrogen-bond acceptors (Lipinski definition) is 4. The van der Waals surface area contributed by atoms with Gasteiger partial charge in [0.2, 0.25) is 0 Å². The lowest BCUT2D eigenvalue weighted by atomic mass is 9.92. The number of nitrogens with zero attached hydrogens (tertiary/aromatic N) is 4. The molecule has 0 aromatic carbocycles. The van der Waals surface area contributed by atoms with Crippen LogP contribution >= 0.6 is 35.3 Å². The lowest BCUT2D eigenvalue weighted by Crippen LogP contribution is -2.39. The van der Waals surface area contributed by atoms with Gasteiger partial charge in [0.1, 0.15) is 11.6 Å². The molecule has 3 heterocycles.